The van der Waals surface area contributed by atoms with Crippen LogP contribution in [0.1, 0.15) is 24.6 Å². The standard InChI is InChI=1S/C13H18N4/c1-3-7-17(8-4-2)12-9-11(14)15-13(16-12)10-5-6-10/h3-4,9-10H,1-2,5-8H2,(H2,14,15,16). The molecule has 0 unspecified atom stereocenters. The number of nitrogen functional groups attached to an aromatic ring is 1. The van der Waals surface area contributed by atoms with Gasteiger partial charge in [-0.3, -0.25) is 0 Å². The van der Waals surface area contributed by atoms with Crippen LogP contribution >= 0.6 is 0 Å². The van der Waals surface area contributed by atoms with Crippen LogP contribution in [-0.2, 0) is 0 Å². The molecule has 2 rings (SSSR count). The van der Waals surface area contributed by atoms with Gasteiger partial charge in [0.15, 0.2) is 0 Å². The molecule has 1 saturated carbocycles. The van der Waals surface area contributed by atoms with Crippen LogP contribution in [0, 0.1) is 0 Å². The van der Waals surface area contributed by atoms with E-state index < -0.39 is 0 Å². The Morgan fingerprint density at radius 1 is 1.29 bits per heavy atom. The quantitative estimate of drug-likeness (QED) is 0.760. The van der Waals surface area contributed by atoms with Crippen molar-refractivity contribution in [2.75, 3.05) is 23.7 Å². The van der Waals surface area contributed by atoms with Crippen LogP contribution in [0.4, 0.5) is 11.6 Å². The highest BCUT2D eigenvalue weighted by Crippen LogP contribution is 2.38. The molecule has 1 fully saturated rings. The fourth-order valence-electron chi connectivity index (χ4n) is 1.73. The van der Waals surface area contributed by atoms with E-state index in [0.29, 0.717) is 11.7 Å². The van der Waals surface area contributed by atoms with Crippen molar-refractivity contribution in [3.63, 3.8) is 0 Å². The SMILES string of the molecule is C=CCN(CC=C)c1cc(N)nc(C2CC2)n1. The average Bonchev–Trinajstić information content (AvgIpc) is 3.12. The third-order valence-corrected chi connectivity index (χ3v) is 2.72. The second-order valence-electron chi connectivity index (χ2n) is 4.27. The normalized spacial score (nSPS) is 14.4. The minimum atomic E-state index is 0.506. The van der Waals surface area contributed by atoms with Crippen molar-refractivity contribution in [1.29, 1.82) is 0 Å². The molecule has 1 heterocycles. The van der Waals surface area contributed by atoms with Crippen LogP contribution in [0.5, 0.6) is 0 Å². The van der Waals surface area contributed by atoms with Gasteiger partial charge in [-0.2, -0.15) is 0 Å². The lowest BCUT2D eigenvalue weighted by molar-refractivity contribution is 0.871. The lowest BCUT2D eigenvalue weighted by atomic mass is 10.3. The van der Waals surface area contributed by atoms with Crippen LogP contribution in [0.3, 0.4) is 0 Å². The zero-order valence-corrected chi connectivity index (χ0v) is 9.97. The van der Waals surface area contributed by atoms with Crippen LogP contribution in [-0.4, -0.2) is 23.1 Å². The lowest BCUT2D eigenvalue weighted by Crippen LogP contribution is -2.25. The van der Waals surface area contributed by atoms with Crippen molar-refractivity contribution in [2.45, 2.75) is 18.8 Å². The first-order valence-corrected chi connectivity index (χ1v) is 5.85. The molecule has 0 saturated heterocycles. The van der Waals surface area contributed by atoms with E-state index >= 15 is 0 Å². The summed E-state index contributed by atoms with van der Waals surface area (Å²) in [5, 5.41) is 0. The van der Waals surface area contributed by atoms with Crippen LogP contribution in [0.15, 0.2) is 31.4 Å². The highest BCUT2D eigenvalue weighted by atomic mass is 15.2. The van der Waals surface area contributed by atoms with Gasteiger partial charge in [0.25, 0.3) is 0 Å². The van der Waals surface area contributed by atoms with Gasteiger partial charge in [-0.15, -0.1) is 13.2 Å². The summed E-state index contributed by atoms with van der Waals surface area (Å²) >= 11 is 0. The zero-order valence-electron chi connectivity index (χ0n) is 9.97. The molecule has 0 aromatic carbocycles. The van der Waals surface area contributed by atoms with E-state index in [4.69, 9.17) is 5.73 Å². The molecule has 0 aliphatic heterocycles. The fourth-order valence-corrected chi connectivity index (χ4v) is 1.73. The van der Waals surface area contributed by atoms with Gasteiger partial charge < -0.3 is 10.6 Å². The molecular weight excluding hydrogens is 212 g/mol. The van der Waals surface area contributed by atoms with Gasteiger partial charge in [-0.1, -0.05) is 12.2 Å². The summed E-state index contributed by atoms with van der Waals surface area (Å²) in [5.41, 5.74) is 5.83. The van der Waals surface area contributed by atoms with E-state index in [-0.39, 0.29) is 0 Å². The molecule has 1 aromatic heterocycles. The lowest BCUT2D eigenvalue weighted by Gasteiger charge is -2.21. The number of nitrogens with zero attached hydrogens (tertiary/aromatic N) is 3. The van der Waals surface area contributed by atoms with Gasteiger partial charge in [0.1, 0.15) is 17.5 Å². The van der Waals surface area contributed by atoms with Crippen molar-refractivity contribution in [3.8, 4) is 0 Å². The van der Waals surface area contributed by atoms with E-state index in [2.05, 4.69) is 28.0 Å². The predicted octanol–water partition coefficient (Wildman–Crippen LogP) is 2.11. The first-order valence-electron chi connectivity index (χ1n) is 5.85. The van der Waals surface area contributed by atoms with E-state index in [9.17, 15) is 0 Å². The molecule has 17 heavy (non-hydrogen) atoms. The number of rotatable bonds is 6. The Morgan fingerprint density at radius 3 is 2.47 bits per heavy atom. The average molecular weight is 230 g/mol. The van der Waals surface area contributed by atoms with Crippen LogP contribution in [0.2, 0.25) is 0 Å². The van der Waals surface area contributed by atoms with Crippen LogP contribution in [0.25, 0.3) is 0 Å². The van der Waals surface area contributed by atoms with Gasteiger partial charge in [0.05, 0.1) is 0 Å². The van der Waals surface area contributed by atoms with Gasteiger partial charge in [-0.05, 0) is 12.8 Å². The maximum absolute atomic E-state index is 5.83. The van der Waals surface area contributed by atoms with E-state index in [0.717, 1.165) is 24.7 Å². The Kier molecular flexibility index (Phi) is 3.42. The van der Waals surface area contributed by atoms with E-state index in [1.54, 1.807) is 6.07 Å². The van der Waals surface area contributed by atoms with E-state index in [1.165, 1.54) is 12.8 Å². The molecule has 4 heteroatoms. The molecule has 1 aliphatic carbocycles. The molecule has 1 aromatic rings. The number of nitrogens with two attached hydrogens (primary N) is 1. The largest absolute Gasteiger partial charge is 0.384 e. The maximum Gasteiger partial charge on any atom is 0.136 e. The predicted molar refractivity (Wildman–Crippen MR) is 71.0 cm³/mol. The van der Waals surface area contributed by atoms with Gasteiger partial charge in [-0.25, -0.2) is 9.97 Å². The highest BCUT2D eigenvalue weighted by molar-refractivity contribution is 5.48. The van der Waals surface area contributed by atoms with Gasteiger partial charge >= 0.3 is 0 Å². The molecule has 0 atom stereocenters. The molecule has 4 nitrogen and oxygen atoms in total. The third-order valence-electron chi connectivity index (χ3n) is 2.72. The van der Waals surface area contributed by atoms with Crippen molar-refractivity contribution >= 4 is 11.6 Å². The smallest absolute Gasteiger partial charge is 0.136 e. The van der Waals surface area contributed by atoms with Crippen molar-refractivity contribution in [2.24, 2.45) is 0 Å². The first-order chi connectivity index (χ1) is 8.24. The second-order valence-corrected chi connectivity index (χ2v) is 4.27. The van der Waals surface area contributed by atoms with Crippen molar-refractivity contribution in [3.05, 3.63) is 37.2 Å². The number of aromatic nitrogens is 2. The first kappa shape index (κ1) is 11.6. The number of anilines is 2. The Bertz CT molecular complexity index is 413. The Morgan fingerprint density at radius 2 is 1.94 bits per heavy atom. The van der Waals surface area contributed by atoms with Crippen molar-refractivity contribution in [1.82, 2.24) is 9.97 Å². The molecular formula is C13H18N4. The molecule has 90 valence electrons. The summed E-state index contributed by atoms with van der Waals surface area (Å²) in [6, 6.07) is 1.80. The molecule has 2 N–H and O–H groups in total. The summed E-state index contributed by atoms with van der Waals surface area (Å²) < 4.78 is 0. The monoisotopic (exact) mass is 230 g/mol. The Balaban J connectivity index is 2.27. The summed E-state index contributed by atoms with van der Waals surface area (Å²) in [6.07, 6.45) is 6.04. The van der Waals surface area contributed by atoms with Crippen LogP contribution < -0.4 is 10.6 Å². The molecule has 0 amide bonds. The zero-order chi connectivity index (χ0) is 12.3. The second kappa shape index (κ2) is 4.99. The number of hydrogen-bond donors (Lipinski definition) is 1. The summed E-state index contributed by atoms with van der Waals surface area (Å²) in [7, 11) is 0. The van der Waals surface area contributed by atoms with Gasteiger partial charge in [0, 0.05) is 25.1 Å². The molecule has 0 radical (unpaired) electrons. The fraction of sp³-hybridized carbons (Fsp3) is 0.385. The van der Waals surface area contributed by atoms with Crippen molar-refractivity contribution < 1.29 is 0 Å². The van der Waals surface area contributed by atoms with E-state index in [1.807, 2.05) is 12.2 Å². The molecule has 0 bridgehead atoms. The topological polar surface area (TPSA) is 55.0 Å². The molecule has 0 spiro atoms. The summed E-state index contributed by atoms with van der Waals surface area (Å²) in [4.78, 5) is 10.9. The Labute approximate surface area is 102 Å². The summed E-state index contributed by atoms with van der Waals surface area (Å²) in [5.74, 6) is 2.78. The Hall–Kier alpha value is -1.84. The minimum absolute atomic E-state index is 0.506. The maximum atomic E-state index is 5.83. The molecule has 1 aliphatic rings. The van der Waals surface area contributed by atoms with Gasteiger partial charge in [0.2, 0.25) is 0 Å². The summed E-state index contributed by atoms with van der Waals surface area (Å²) in [6.45, 7) is 8.96. The number of hydrogen-bond acceptors (Lipinski definition) is 4. The highest BCUT2D eigenvalue weighted by Gasteiger charge is 2.27. The minimum Gasteiger partial charge on any atom is -0.384 e. The third kappa shape index (κ3) is 2.84.